The summed E-state index contributed by atoms with van der Waals surface area (Å²) in [6.07, 6.45) is 3.83. The van der Waals surface area contributed by atoms with Gasteiger partial charge in [-0.25, -0.2) is 4.79 Å². The molecular weight excluding hydrogens is 396 g/mol. The Hall–Kier alpha value is -2.41. The molecule has 1 aliphatic heterocycles. The van der Waals surface area contributed by atoms with Crippen LogP contribution in [0.25, 0.3) is 0 Å². The Morgan fingerprint density at radius 1 is 1.14 bits per heavy atom. The number of esters is 1. The van der Waals surface area contributed by atoms with Gasteiger partial charge in [0.1, 0.15) is 6.04 Å². The van der Waals surface area contributed by atoms with Crippen molar-refractivity contribution in [3.8, 4) is 0 Å². The number of carbonyl (C=O) groups excluding carboxylic acids is 4. The third kappa shape index (κ3) is 4.96. The van der Waals surface area contributed by atoms with Gasteiger partial charge in [-0.15, -0.1) is 0 Å². The zero-order valence-corrected chi connectivity index (χ0v) is 17.1. The highest BCUT2D eigenvalue weighted by Gasteiger charge is 2.51. The summed E-state index contributed by atoms with van der Waals surface area (Å²) in [5.74, 6) is -2.41. The molecule has 1 aromatic carbocycles. The average Bonchev–Trinajstić information content (AvgIpc) is 2.98. The van der Waals surface area contributed by atoms with Crippen LogP contribution in [0.15, 0.2) is 24.3 Å². The van der Waals surface area contributed by atoms with E-state index in [0.29, 0.717) is 30.8 Å². The Morgan fingerprint density at radius 3 is 2.31 bits per heavy atom. The summed E-state index contributed by atoms with van der Waals surface area (Å²) in [6.45, 7) is 1.40. The van der Waals surface area contributed by atoms with E-state index in [0.717, 1.165) is 23.3 Å². The van der Waals surface area contributed by atoms with Crippen LogP contribution in [0.1, 0.15) is 38.2 Å². The highest BCUT2D eigenvalue weighted by Crippen LogP contribution is 2.38. The summed E-state index contributed by atoms with van der Waals surface area (Å²) in [6, 6.07) is 6.27. The lowest BCUT2D eigenvalue weighted by Crippen LogP contribution is -2.45. The van der Waals surface area contributed by atoms with Crippen molar-refractivity contribution >= 4 is 35.3 Å². The fourth-order valence-corrected chi connectivity index (χ4v) is 4.11. The molecule has 2 fully saturated rings. The van der Waals surface area contributed by atoms with Crippen molar-refractivity contribution in [3.05, 3.63) is 34.9 Å². The second-order valence-corrected chi connectivity index (χ2v) is 7.99. The number of nitrogens with zero attached hydrogens (tertiary/aromatic N) is 1. The van der Waals surface area contributed by atoms with Gasteiger partial charge in [0.25, 0.3) is 5.91 Å². The molecule has 8 heteroatoms. The molecule has 1 aliphatic carbocycles. The number of fused-ring (bicyclic) bond motifs is 1. The quantitative estimate of drug-likeness (QED) is 0.538. The van der Waals surface area contributed by atoms with E-state index in [1.807, 2.05) is 12.1 Å². The van der Waals surface area contributed by atoms with Gasteiger partial charge in [-0.2, -0.15) is 0 Å². The number of benzene rings is 1. The fraction of sp³-hybridized carbons (Fsp3) is 0.524. The molecule has 2 aliphatic rings. The molecule has 1 saturated carbocycles. The lowest BCUT2D eigenvalue weighted by Gasteiger charge is -2.21. The van der Waals surface area contributed by atoms with E-state index >= 15 is 0 Å². The molecule has 0 unspecified atom stereocenters. The molecule has 1 aromatic rings. The van der Waals surface area contributed by atoms with Crippen molar-refractivity contribution in [2.24, 2.45) is 11.8 Å². The van der Waals surface area contributed by atoms with E-state index in [9.17, 15) is 19.2 Å². The van der Waals surface area contributed by atoms with Crippen LogP contribution < -0.4 is 5.32 Å². The number of halogens is 1. The highest BCUT2D eigenvalue weighted by atomic mass is 35.5. The monoisotopic (exact) mass is 420 g/mol. The Balaban J connectivity index is 1.43. The average molecular weight is 421 g/mol. The second kappa shape index (κ2) is 9.39. The number of carbonyl (C=O) groups is 4. The maximum Gasteiger partial charge on any atom is 0.329 e. The smallest absolute Gasteiger partial charge is 0.329 e. The second-order valence-electron chi connectivity index (χ2n) is 7.55. The fourth-order valence-electron chi connectivity index (χ4n) is 3.98. The van der Waals surface area contributed by atoms with Crippen molar-refractivity contribution in [2.75, 3.05) is 13.2 Å². The first-order chi connectivity index (χ1) is 13.9. The Labute approximate surface area is 174 Å². The minimum atomic E-state index is -1.03. The number of nitrogens with one attached hydrogen (secondary N) is 1. The maximum atomic E-state index is 12.5. The van der Waals surface area contributed by atoms with Gasteiger partial charge in [0.15, 0.2) is 6.61 Å². The van der Waals surface area contributed by atoms with E-state index in [1.165, 1.54) is 6.92 Å². The first-order valence-corrected chi connectivity index (χ1v) is 10.3. The van der Waals surface area contributed by atoms with Crippen LogP contribution in [-0.4, -0.2) is 47.8 Å². The molecule has 156 valence electrons. The minimum Gasteiger partial charge on any atom is -0.454 e. The molecule has 1 saturated heterocycles. The van der Waals surface area contributed by atoms with E-state index in [1.54, 1.807) is 12.1 Å². The van der Waals surface area contributed by atoms with Crippen LogP contribution >= 0.6 is 11.6 Å². The Kier molecular flexibility index (Phi) is 6.90. The first kappa shape index (κ1) is 21.3. The lowest BCUT2D eigenvalue weighted by molar-refractivity contribution is -0.159. The SMILES string of the molecule is C[C@@H](C(=O)OCC(=O)NCCc1ccc(Cl)cc1)N1C(=O)[C@H]2CCCC[C@H]2C1=O. The normalized spacial score (nSPS) is 22.2. The number of hydrogen-bond donors (Lipinski definition) is 1. The molecule has 3 amide bonds. The van der Waals surface area contributed by atoms with Gasteiger partial charge in [0, 0.05) is 11.6 Å². The molecule has 0 spiro atoms. The van der Waals surface area contributed by atoms with Crippen molar-refractivity contribution in [1.29, 1.82) is 0 Å². The van der Waals surface area contributed by atoms with Crippen molar-refractivity contribution < 1.29 is 23.9 Å². The van der Waals surface area contributed by atoms with Gasteiger partial charge in [-0.05, 0) is 43.9 Å². The summed E-state index contributed by atoms with van der Waals surface area (Å²) in [5.41, 5.74) is 1.02. The predicted octanol–water partition coefficient (Wildman–Crippen LogP) is 2.11. The number of rotatable bonds is 7. The molecule has 0 aromatic heterocycles. The number of likely N-dealkylation sites (tertiary alicyclic amines) is 1. The third-order valence-corrected chi connectivity index (χ3v) is 5.85. The Bertz CT molecular complexity index is 771. The molecule has 3 atom stereocenters. The predicted molar refractivity (Wildman–Crippen MR) is 106 cm³/mol. The van der Waals surface area contributed by atoms with Crippen molar-refractivity contribution in [1.82, 2.24) is 10.2 Å². The number of amides is 3. The topological polar surface area (TPSA) is 92.8 Å². The van der Waals surface area contributed by atoms with Crippen molar-refractivity contribution in [2.45, 2.75) is 45.1 Å². The van der Waals surface area contributed by atoms with Crippen LogP contribution in [0.5, 0.6) is 0 Å². The number of hydrogen-bond acceptors (Lipinski definition) is 5. The third-order valence-electron chi connectivity index (χ3n) is 5.60. The van der Waals surface area contributed by atoms with Gasteiger partial charge < -0.3 is 10.1 Å². The molecule has 1 N–H and O–H groups in total. The van der Waals surface area contributed by atoms with E-state index < -0.39 is 24.5 Å². The zero-order valence-electron chi connectivity index (χ0n) is 16.4. The van der Waals surface area contributed by atoms with E-state index in [4.69, 9.17) is 16.3 Å². The molecule has 0 radical (unpaired) electrons. The van der Waals surface area contributed by atoms with Gasteiger partial charge in [0.2, 0.25) is 11.8 Å². The van der Waals surface area contributed by atoms with Crippen LogP contribution in [0, 0.1) is 11.8 Å². The van der Waals surface area contributed by atoms with Gasteiger partial charge >= 0.3 is 5.97 Å². The minimum absolute atomic E-state index is 0.295. The van der Waals surface area contributed by atoms with Gasteiger partial charge in [-0.1, -0.05) is 36.6 Å². The highest BCUT2D eigenvalue weighted by molar-refractivity contribution is 6.30. The molecule has 7 nitrogen and oxygen atoms in total. The number of ether oxygens (including phenoxy) is 1. The number of imide groups is 1. The Morgan fingerprint density at radius 2 is 1.72 bits per heavy atom. The summed E-state index contributed by atoms with van der Waals surface area (Å²) < 4.78 is 5.03. The zero-order chi connectivity index (χ0) is 21.0. The van der Waals surface area contributed by atoms with Gasteiger partial charge in [0.05, 0.1) is 11.8 Å². The van der Waals surface area contributed by atoms with E-state index in [-0.39, 0.29) is 23.7 Å². The van der Waals surface area contributed by atoms with Crippen LogP contribution in [0.3, 0.4) is 0 Å². The summed E-state index contributed by atoms with van der Waals surface area (Å²) in [7, 11) is 0. The standard InChI is InChI=1S/C21H25ClN2O5/c1-13(24-19(26)16-4-2-3-5-17(16)20(24)27)21(28)29-12-18(25)23-11-10-14-6-8-15(22)9-7-14/h6-9,13,16-17H,2-5,10-12H2,1H3,(H,23,25)/t13-,16-,17+/m0/s1. The molecule has 3 rings (SSSR count). The molecule has 29 heavy (non-hydrogen) atoms. The summed E-state index contributed by atoms with van der Waals surface area (Å²) >= 11 is 5.83. The van der Waals surface area contributed by atoms with E-state index in [2.05, 4.69) is 5.32 Å². The molecule has 1 heterocycles. The van der Waals surface area contributed by atoms with Gasteiger partial charge in [-0.3, -0.25) is 19.3 Å². The molecule has 0 bridgehead atoms. The largest absolute Gasteiger partial charge is 0.454 e. The lowest BCUT2D eigenvalue weighted by atomic mass is 9.81. The maximum absolute atomic E-state index is 12.5. The van der Waals surface area contributed by atoms with Crippen molar-refractivity contribution in [3.63, 3.8) is 0 Å². The van der Waals surface area contributed by atoms with Crippen LogP contribution in [-0.2, 0) is 30.3 Å². The first-order valence-electron chi connectivity index (χ1n) is 9.93. The summed E-state index contributed by atoms with van der Waals surface area (Å²) in [4.78, 5) is 50.3. The summed E-state index contributed by atoms with van der Waals surface area (Å²) in [5, 5.41) is 3.32. The molecular formula is C21H25ClN2O5. The van der Waals surface area contributed by atoms with Crippen LogP contribution in [0.4, 0.5) is 0 Å². The van der Waals surface area contributed by atoms with Crippen LogP contribution in [0.2, 0.25) is 5.02 Å².